The number of sulfonamides is 1. The predicted octanol–water partition coefficient (Wildman–Crippen LogP) is 0.346. The van der Waals surface area contributed by atoms with Gasteiger partial charge in [0, 0.05) is 24.2 Å². The van der Waals surface area contributed by atoms with Gasteiger partial charge in [0.2, 0.25) is 0 Å². The summed E-state index contributed by atoms with van der Waals surface area (Å²) in [6.07, 6.45) is 0. The van der Waals surface area contributed by atoms with E-state index in [1.165, 1.54) is 23.7 Å². The highest BCUT2D eigenvalue weighted by molar-refractivity contribution is 7.89. The third-order valence-electron chi connectivity index (χ3n) is 2.83. The van der Waals surface area contributed by atoms with Crippen LogP contribution in [0.3, 0.4) is 0 Å². The van der Waals surface area contributed by atoms with E-state index in [-0.39, 0.29) is 11.5 Å². The minimum absolute atomic E-state index is 0.0809. The van der Waals surface area contributed by atoms with Crippen LogP contribution in [0.15, 0.2) is 23.4 Å². The van der Waals surface area contributed by atoms with E-state index in [9.17, 15) is 18.5 Å². The monoisotopic (exact) mass is 297 g/mol. The Bertz CT molecular complexity index is 796. The predicted molar refractivity (Wildman–Crippen MR) is 69.2 cm³/mol. The van der Waals surface area contributed by atoms with Crippen LogP contribution in [-0.2, 0) is 17.1 Å². The topological polar surface area (TPSA) is 134 Å². The first kappa shape index (κ1) is 14.1. The zero-order valence-corrected chi connectivity index (χ0v) is 11.5. The van der Waals surface area contributed by atoms with Gasteiger partial charge < -0.3 is 0 Å². The Labute approximate surface area is 114 Å². The van der Waals surface area contributed by atoms with Crippen molar-refractivity contribution in [2.45, 2.75) is 12.1 Å². The highest BCUT2D eigenvalue weighted by Gasteiger charge is 2.22. The van der Waals surface area contributed by atoms with Crippen molar-refractivity contribution in [2.75, 3.05) is 0 Å². The molecule has 0 radical (unpaired) electrons. The largest absolute Gasteiger partial charge is 0.300 e. The molecule has 20 heavy (non-hydrogen) atoms. The van der Waals surface area contributed by atoms with Crippen LogP contribution in [-0.4, -0.2) is 28.1 Å². The second kappa shape index (κ2) is 4.65. The number of nitro benzene ring substituents is 1. The fraction of sp³-hybridized carbons (Fsp3) is 0.200. The number of hydrogen-bond acceptors (Lipinski definition) is 6. The Morgan fingerprint density at radius 1 is 1.35 bits per heavy atom. The molecular weight excluding hydrogens is 286 g/mol. The van der Waals surface area contributed by atoms with Gasteiger partial charge in [-0.1, -0.05) is 12.1 Å². The Kier molecular flexibility index (Phi) is 3.28. The first-order valence-electron chi connectivity index (χ1n) is 5.40. The molecule has 106 valence electrons. The number of hydrogen-bond donors (Lipinski definition) is 1. The summed E-state index contributed by atoms with van der Waals surface area (Å²) in [5.74, 6) is 0.190. The van der Waals surface area contributed by atoms with Crippen molar-refractivity contribution in [1.29, 1.82) is 0 Å². The lowest BCUT2D eigenvalue weighted by atomic mass is 10.1. The summed E-state index contributed by atoms with van der Waals surface area (Å²) >= 11 is 0. The average Bonchev–Trinajstić information content (AvgIpc) is 2.70. The summed E-state index contributed by atoms with van der Waals surface area (Å²) in [5.41, 5.74) is 0.709. The summed E-state index contributed by atoms with van der Waals surface area (Å²) in [6.45, 7) is 1.55. The molecule has 2 aromatic rings. The normalized spacial score (nSPS) is 11.6. The third-order valence-corrected chi connectivity index (χ3v) is 3.70. The number of primary sulfonamides is 1. The number of nitrogens with two attached hydrogens (primary N) is 1. The lowest BCUT2D eigenvalue weighted by Gasteiger charge is -2.06. The fourth-order valence-corrected chi connectivity index (χ4v) is 2.48. The van der Waals surface area contributed by atoms with E-state index in [0.717, 1.165) is 0 Å². The number of benzene rings is 1. The van der Waals surface area contributed by atoms with Gasteiger partial charge in [-0.25, -0.2) is 13.6 Å². The van der Waals surface area contributed by atoms with Crippen LogP contribution in [0.1, 0.15) is 5.56 Å². The second-order valence-electron chi connectivity index (χ2n) is 4.12. The average molecular weight is 297 g/mol. The van der Waals surface area contributed by atoms with Crippen molar-refractivity contribution in [3.8, 4) is 11.4 Å². The Hall–Kier alpha value is -2.33. The van der Waals surface area contributed by atoms with Crippen LogP contribution in [0.5, 0.6) is 0 Å². The molecule has 0 aliphatic heterocycles. The summed E-state index contributed by atoms with van der Waals surface area (Å²) in [4.78, 5) is 10.4. The molecule has 10 heteroatoms. The van der Waals surface area contributed by atoms with Gasteiger partial charge in [0.05, 0.1) is 4.92 Å². The summed E-state index contributed by atoms with van der Waals surface area (Å²) < 4.78 is 23.8. The van der Waals surface area contributed by atoms with Crippen LogP contribution in [0, 0.1) is 17.0 Å². The second-order valence-corrected chi connectivity index (χ2v) is 5.57. The van der Waals surface area contributed by atoms with Crippen molar-refractivity contribution in [1.82, 2.24) is 14.8 Å². The highest BCUT2D eigenvalue weighted by atomic mass is 32.2. The summed E-state index contributed by atoms with van der Waals surface area (Å²) in [7, 11) is -2.58. The van der Waals surface area contributed by atoms with Gasteiger partial charge >= 0.3 is 0 Å². The van der Waals surface area contributed by atoms with E-state index >= 15 is 0 Å². The number of aromatic nitrogens is 3. The first-order chi connectivity index (χ1) is 9.23. The number of rotatable bonds is 3. The summed E-state index contributed by atoms with van der Waals surface area (Å²) in [6, 6.07) is 4.45. The van der Waals surface area contributed by atoms with Crippen LogP contribution in [0.25, 0.3) is 11.4 Å². The molecule has 0 unspecified atom stereocenters. The van der Waals surface area contributed by atoms with Gasteiger partial charge in [0.15, 0.2) is 5.82 Å². The maximum absolute atomic E-state index is 11.3. The molecule has 1 heterocycles. The third kappa shape index (κ3) is 2.26. The Morgan fingerprint density at radius 2 is 2.00 bits per heavy atom. The lowest BCUT2D eigenvalue weighted by Crippen LogP contribution is -2.17. The highest BCUT2D eigenvalue weighted by Crippen LogP contribution is 2.28. The SMILES string of the molecule is Cc1c(-c2nnc(S(N)(=O)=O)n2C)cccc1[N+](=O)[O-]. The molecule has 0 aliphatic carbocycles. The van der Waals surface area contributed by atoms with Gasteiger partial charge in [0.1, 0.15) is 0 Å². The van der Waals surface area contributed by atoms with E-state index in [2.05, 4.69) is 10.2 Å². The van der Waals surface area contributed by atoms with Crippen molar-refractivity contribution < 1.29 is 13.3 Å². The minimum Gasteiger partial charge on any atom is -0.300 e. The zero-order valence-electron chi connectivity index (χ0n) is 10.6. The van der Waals surface area contributed by atoms with E-state index < -0.39 is 20.1 Å². The van der Waals surface area contributed by atoms with Crippen LogP contribution in [0.4, 0.5) is 5.69 Å². The fourth-order valence-electron chi connectivity index (χ4n) is 1.86. The van der Waals surface area contributed by atoms with E-state index in [0.29, 0.717) is 11.1 Å². The maximum atomic E-state index is 11.3. The standard InChI is InChI=1S/C10H11N5O4S/c1-6-7(4-3-5-8(6)15(16)17)9-12-13-10(14(9)2)20(11,18)19/h3-5H,1-2H3,(H2,11,18,19). The smallest absolute Gasteiger partial charge is 0.273 e. The molecule has 0 atom stereocenters. The number of nitrogens with zero attached hydrogens (tertiary/aromatic N) is 4. The van der Waals surface area contributed by atoms with Gasteiger partial charge in [-0.15, -0.1) is 10.2 Å². The lowest BCUT2D eigenvalue weighted by molar-refractivity contribution is -0.385. The van der Waals surface area contributed by atoms with Crippen molar-refractivity contribution >= 4 is 15.7 Å². The molecule has 0 spiro atoms. The molecule has 2 rings (SSSR count). The van der Waals surface area contributed by atoms with Crippen molar-refractivity contribution in [3.05, 3.63) is 33.9 Å². The van der Waals surface area contributed by atoms with Crippen molar-refractivity contribution in [3.63, 3.8) is 0 Å². The Balaban J connectivity index is 2.68. The minimum atomic E-state index is -4.00. The molecule has 0 fully saturated rings. The molecule has 9 nitrogen and oxygen atoms in total. The first-order valence-corrected chi connectivity index (χ1v) is 6.94. The molecule has 0 aliphatic rings. The quantitative estimate of drug-likeness (QED) is 0.641. The molecule has 0 amide bonds. The zero-order chi connectivity index (χ0) is 15.1. The maximum Gasteiger partial charge on any atom is 0.273 e. The molecule has 1 aromatic carbocycles. The molecule has 0 saturated heterocycles. The van der Waals surface area contributed by atoms with E-state index in [1.54, 1.807) is 13.0 Å². The molecule has 1 aromatic heterocycles. The van der Waals surface area contributed by atoms with Crippen LogP contribution >= 0.6 is 0 Å². The van der Waals surface area contributed by atoms with Crippen LogP contribution < -0.4 is 5.14 Å². The van der Waals surface area contributed by atoms with Crippen molar-refractivity contribution in [2.24, 2.45) is 12.2 Å². The van der Waals surface area contributed by atoms with Gasteiger partial charge in [-0.05, 0) is 6.92 Å². The van der Waals surface area contributed by atoms with Crippen LogP contribution in [0.2, 0.25) is 0 Å². The van der Waals surface area contributed by atoms with Gasteiger partial charge in [0.25, 0.3) is 20.9 Å². The Morgan fingerprint density at radius 3 is 2.50 bits per heavy atom. The summed E-state index contributed by atoms with van der Waals surface area (Å²) in [5, 5.41) is 22.8. The molecule has 0 saturated carbocycles. The number of nitro groups is 1. The molecule has 0 bridgehead atoms. The molecular formula is C10H11N5O4S. The molecule has 2 N–H and O–H groups in total. The van der Waals surface area contributed by atoms with Gasteiger partial charge in [-0.2, -0.15) is 0 Å². The van der Waals surface area contributed by atoms with Gasteiger partial charge in [-0.3, -0.25) is 14.7 Å². The van der Waals surface area contributed by atoms with E-state index in [4.69, 9.17) is 5.14 Å². The van der Waals surface area contributed by atoms with E-state index in [1.807, 2.05) is 0 Å².